The molecule has 2 aliphatic heterocycles. The van der Waals surface area contributed by atoms with Crippen LogP contribution in [0.3, 0.4) is 0 Å². The molecule has 0 aliphatic carbocycles. The van der Waals surface area contributed by atoms with Gasteiger partial charge in [0.1, 0.15) is 0 Å². The van der Waals surface area contributed by atoms with Crippen LogP contribution in [0.4, 0.5) is 0 Å². The lowest BCUT2D eigenvalue weighted by Gasteiger charge is -2.29. The van der Waals surface area contributed by atoms with E-state index in [1.54, 1.807) is 0 Å². The summed E-state index contributed by atoms with van der Waals surface area (Å²) in [7, 11) is 0. The van der Waals surface area contributed by atoms with Crippen molar-refractivity contribution in [2.75, 3.05) is 19.0 Å². The second-order valence-electron chi connectivity index (χ2n) is 5.17. The molecule has 0 saturated carbocycles. The Bertz CT molecular complexity index is 442. The Morgan fingerprint density at radius 3 is 2.79 bits per heavy atom. The Balaban J connectivity index is 1.71. The molecule has 7 heteroatoms. The van der Waals surface area contributed by atoms with E-state index in [1.165, 1.54) is 0 Å². The van der Waals surface area contributed by atoms with E-state index in [1.807, 2.05) is 23.5 Å². The molecular weight excluding hydrogens is 282 g/mol. The van der Waals surface area contributed by atoms with Gasteiger partial charge < -0.3 is 15.0 Å². The molecule has 19 heavy (non-hydrogen) atoms. The maximum atomic E-state index is 5.98. The van der Waals surface area contributed by atoms with E-state index in [9.17, 15) is 0 Å². The summed E-state index contributed by atoms with van der Waals surface area (Å²) >= 11 is 3.92. The highest BCUT2D eigenvalue weighted by molar-refractivity contribution is 8.07. The topological polar surface area (TPSA) is 74.2 Å². The summed E-state index contributed by atoms with van der Waals surface area (Å²) in [5.41, 5.74) is 5.98. The Hall–Kier alpha value is -0.240. The fourth-order valence-electron chi connectivity index (χ4n) is 2.27. The Morgan fingerprint density at radius 2 is 2.11 bits per heavy atom. The number of thioether (sulfide) groups is 2. The van der Waals surface area contributed by atoms with Crippen molar-refractivity contribution in [3.63, 3.8) is 0 Å². The summed E-state index contributed by atoms with van der Waals surface area (Å²) in [6.45, 7) is 5.69. The molecule has 0 amide bonds. The summed E-state index contributed by atoms with van der Waals surface area (Å²) in [5, 5.41) is 5.77. The van der Waals surface area contributed by atoms with Crippen molar-refractivity contribution in [3.8, 4) is 0 Å². The SMILES string of the molecule is CC1SCC(c2noc(C3COCC3N)n2)SC1C. The van der Waals surface area contributed by atoms with Gasteiger partial charge in [-0.3, -0.25) is 0 Å². The number of rotatable bonds is 2. The molecule has 3 rings (SSSR count). The monoisotopic (exact) mass is 301 g/mol. The third kappa shape index (κ3) is 2.79. The zero-order chi connectivity index (χ0) is 13.4. The summed E-state index contributed by atoms with van der Waals surface area (Å²) in [5.74, 6) is 2.55. The summed E-state index contributed by atoms with van der Waals surface area (Å²) in [6.07, 6.45) is 0. The minimum absolute atomic E-state index is 0.0272. The van der Waals surface area contributed by atoms with Gasteiger partial charge in [-0.15, -0.1) is 11.8 Å². The van der Waals surface area contributed by atoms with Gasteiger partial charge in [-0.05, 0) is 0 Å². The third-order valence-corrected chi connectivity index (χ3v) is 7.12. The van der Waals surface area contributed by atoms with E-state index in [0.29, 0.717) is 34.9 Å². The first-order valence-electron chi connectivity index (χ1n) is 6.59. The zero-order valence-corrected chi connectivity index (χ0v) is 12.7. The second kappa shape index (κ2) is 5.63. The van der Waals surface area contributed by atoms with Crippen molar-refractivity contribution in [3.05, 3.63) is 11.7 Å². The molecule has 5 nitrogen and oxygen atoms in total. The number of hydrogen-bond acceptors (Lipinski definition) is 7. The van der Waals surface area contributed by atoms with E-state index in [2.05, 4.69) is 24.0 Å². The van der Waals surface area contributed by atoms with Gasteiger partial charge in [0.25, 0.3) is 0 Å². The van der Waals surface area contributed by atoms with Gasteiger partial charge in [-0.2, -0.15) is 16.7 Å². The average Bonchev–Trinajstić information content (AvgIpc) is 3.01. The largest absolute Gasteiger partial charge is 0.379 e. The Morgan fingerprint density at radius 1 is 1.26 bits per heavy atom. The molecule has 0 spiro atoms. The predicted octanol–water partition coefficient (Wildman–Crippen LogP) is 1.81. The number of ether oxygens (including phenoxy) is 1. The van der Waals surface area contributed by atoms with Gasteiger partial charge in [-0.1, -0.05) is 19.0 Å². The molecule has 1 aromatic heterocycles. The fraction of sp³-hybridized carbons (Fsp3) is 0.833. The second-order valence-corrected chi connectivity index (χ2v) is 8.16. The van der Waals surface area contributed by atoms with Crippen molar-refractivity contribution in [1.29, 1.82) is 0 Å². The van der Waals surface area contributed by atoms with Crippen molar-refractivity contribution in [2.45, 2.75) is 41.6 Å². The molecule has 0 bridgehead atoms. The van der Waals surface area contributed by atoms with Crippen LogP contribution < -0.4 is 5.73 Å². The molecule has 2 fully saturated rings. The molecule has 0 radical (unpaired) electrons. The van der Waals surface area contributed by atoms with Crippen LogP contribution in [0.1, 0.15) is 36.7 Å². The van der Waals surface area contributed by atoms with Gasteiger partial charge in [0.05, 0.1) is 24.4 Å². The van der Waals surface area contributed by atoms with E-state index in [0.717, 1.165) is 11.6 Å². The summed E-state index contributed by atoms with van der Waals surface area (Å²) < 4.78 is 10.7. The molecule has 1 aromatic rings. The van der Waals surface area contributed by atoms with Gasteiger partial charge in [0.15, 0.2) is 5.82 Å². The molecule has 0 aromatic carbocycles. The van der Waals surface area contributed by atoms with Crippen molar-refractivity contribution in [1.82, 2.24) is 10.1 Å². The first-order chi connectivity index (χ1) is 9.15. The number of nitrogens with two attached hydrogens (primary N) is 1. The molecule has 2 N–H and O–H groups in total. The normalized spacial score (nSPS) is 39.6. The van der Waals surface area contributed by atoms with Crippen LogP contribution >= 0.6 is 23.5 Å². The number of nitrogens with zero attached hydrogens (tertiary/aromatic N) is 2. The molecule has 106 valence electrons. The van der Waals surface area contributed by atoms with Gasteiger partial charge in [0.2, 0.25) is 5.89 Å². The van der Waals surface area contributed by atoms with E-state index < -0.39 is 0 Å². The van der Waals surface area contributed by atoms with Crippen molar-refractivity contribution in [2.24, 2.45) is 5.73 Å². The molecular formula is C12H19N3O2S2. The number of hydrogen-bond donors (Lipinski definition) is 1. The molecule has 5 atom stereocenters. The Kier molecular flexibility index (Phi) is 4.07. The van der Waals surface area contributed by atoms with Crippen LogP contribution in [0.2, 0.25) is 0 Å². The van der Waals surface area contributed by atoms with Crippen molar-refractivity contribution < 1.29 is 9.26 Å². The first kappa shape index (κ1) is 13.7. The highest BCUT2D eigenvalue weighted by atomic mass is 32.2. The van der Waals surface area contributed by atoms with Crippen LogP contribution in [0.5, 0.6) is 0 Å². The van der Waals surface area contributed by atoms with Gasteiger partial charge in [-0.25, -0.2) is 0 Å². The maximum absolute atomic E-state index is 5.98. The lowest BCUT2D eigenvalue weighted by Crippen LogP contribution is -2.27. The predicted molar refractivity (Wildman–Crippen MR) is 77.5 cm³/mol. The van der Waals surface area contributed by atoms with E-state index in [4.69, 9.17) is 15.0 Å². The van der Waals surface area contributed by atoms with Crippen LogP contribution in [-0.4, -0.2) is 45.6 Å². The average molecular weight is 301 g/mol. The smallest absolute Gasteiger partial charge is 0.233 e. The zero-order valence-electron chi connectivity index (χ0n) is 11.1. The molecule has 2 saturated heterocycles. The maximum Gasteiger partial charge on any atom is 0.233 e. The van der Waals surface area contributed by atoms with E-state index >= 15 is 0 Å². The highest BCUT2D eigenvalue weighted by Gasteiger charge is 2.34. The summed E-state index contributed by atoms with van der Waals surface area (Å²) in [6, 6.07) is -0.0272. The fourth-order valence-corrected chi connectivity index (χ4v) is 5.11. The van der Waals surface area contributed by atoms with Gasteiger partial charge in [0, 0.05) is 22.3 Å². The van der Waals surface area contributed by atoms with Crippen molar-refractivity contribution >= 4 is 23.5 Å². The van der Waals surface area contributed by atoms with Crippen LogP contribution in [0.25, 0.3) is 0 Å². The quantitative estimate of drug-likeness (QED) is 0.893. The first-order valence-corrected chi connectivity index (χ1v) is 8.58. The summed E-state index contributed by atoms with van der Waals surface area (Å²) in [4.78, 5) is 4.55. The molecule has 5 unspecified atom stereocenters. The lowest BCUT2D eigenvalue weighted by molar-refractivity contribution is 0.187. The van der Waals surface area contributed by atoms with E-state index in [-0.39, 0.29) is 12.0 Å². The van der Waals surface area contributed by atoms with Gasteiger partial charge >= 0.3 is 0 Å². The number of aromatic nitrogens is 2. The molecule has 3 heterocycles. The van der Waals surface area contributed by atoms with Crippen LogP contribution in [0.15, 0.2) is 4.52 Å². The standard InChI is InChI=1S/C12H19N3O2S2/c1-6-7(2)19-10(5-18-6)11-14-12(17-15-11)8-3-16-4-9(8)13/h6-10H,3-5,13H2,1-2H3. The van der Waals surface area contributed by atoms with Crippen LogP contribution in [0, 0.1) is 0 Å². The minimum Gasteiger partial charge on any atom is -0.379 e. The van der Waals surface area contributed by atoms with Crippen LogP contribution in [-0.2, 0) is 4.74 Å². The third-order valence-electron chi connectivity index (χ3n) is 3.74. The lowest BCUT2D eigenvalue weighted by atomic mass is 10.1. The minimum atomic E-state index is -0.0272. The molecule has 2 aliphatic rings. The Labute approximate surface area is 121 Å². The highest BCUT2D eigenvalue weighted by Crippen LogP contribution is 2.43.